The molecule has 3 N–H and O–H groups in total. The zero-order valence-electron chi connectivity index (χ0n) is 24.8. The van der Waals surface area contributed by atoms with Gasteiger partial charge in [0.1, 0.15) is 12.1 Å². The number of hydrogen-bond donors (Lipinski definition) is 2. The molecule has 9 nitrogen and oxygen atoms in total. The number of nitrogens with two attached hydrogens (primary N) is 1. The Bertz CT molecular complexity index is 1130. The second-order valence-corrected chi connectivity index (χ2v) is 10.7. The number of carbonyl (C=O) groups excluding carboxylic acids is 3. The zero-order chi connectivity index (χ0) is 29.9. The highest BCUT2D eigenvalue weighted by molar-refractivity contribution is 5.95. The summed E-state index contributed by atoms with van der Waals surface area (Å²) in [6, 6.07) is 1.90. The van der Waals surface area contributed by atoms with Crippen LogP contribution in [0.25, 0.3) is 0 Å². The van der Waals surface area contributed by atoms with E-state index in [1.807, 2.05) is 25.1 Å². The SMILES string of the molecule is C=C(/C=C\C=C/C)[C@H](NC(=O)[C@@H]1CCCCN1C(=O)[C@H](c1cc(OC)c(OC)c(OC)c1)C1CCCCC1)C(N)=O. The topological polar surface area (TPSA) is 120 Å². The van der Waals surface area contributed by atoms with Gasteiger partial charge in [-0.3, -0.25) is 14.4 Å². The number of methoxy groups -OCH3 is 3. The van der Waals surface area contributed by atoms with Crippen LogP contribution in [-0.4, -0.2) is 62.6 Å². The van der Waals surface area contributed by atoms with Gasteiger partial charge in [0.15, 0.2) is 11.5 Å². The van der Waals surface area contributed by atoms with Crippen molar-refractivity contribution in [3.05, 3.63) is 54.2 Å². The summed E-state index contributed by atoms with van der Waals surface area (Å²) in [6.07, 6.45) is 14.2. The third-order valence-corrected chi connectivity index (χ3v) is 8.08. The van der Waals surface area contributed by atoms with Crippen LogP contribution in [0.2, 0.25) is 0 Å². The van der Waals surface area contributed by atoms with Crippen molar-refractivity contribution in [2.75, 3.05) is 27.9 Å². The summed E-state index contributed by atoms with van der Waals surface area (Å²) < 4.78 is 16.7. The van der Waals surface area contributed by atoms with Gasteiger partial charge in [-0.05, 0) is 68.2 Å². The molecule has 0 radical (unpaired) electrons. The maximum Gasteiger partial charge on any atom is 0.244 e. The normalized spacial score (nSPS) is 19.5. The van der Waals surface area contributed by atoms with Gasteiger partial charge in [0, 0.05) is 6.54 Å². The van der Waals surface area contributed by atoms with Crippen molar-refractivity contribution in [2.45, 2.75) is 76.3 Å². The number of likely N-dealkylation sites (tertiary alicyclic amines) is 1. The molecule has 0 unspecified atom stereocenters. The summed E-state index contributed by atoms with van der Waals surface area (Å²) in [5.74, 6) is -0.162. The minimum absolute atomic E-state index is 0.103. The number of nitrogens with zero attached hydrogens (tertiary/aromatic N) is 1. The summed E-state index contributed by atoms with van der Waals surface area (Å²) in [5, 5.41) is 2.77. The summed E-state index contributed by atoms with van der Waals surface area (Å²) in [5.41, 5.74) is 6.78. The van der Waals surface area contributed by atoms with E-state index in [9.17, 15) is 14.4 Å². The molecule has 1 heterocycles. The van der Waals surface area contributed by atoms with Crippen molar-refractivity contribution in [2.24, 2.45) is 11.7 Å². The standard InChI is InChI=1S/C32H45N3O6/c1-6-7-9-14-21(2)28(30(33)36)34-31(37)24-17-12-13-18-35(24)32(38)27(22-15-10-8-11-16-22)23-19-25(39-3)29(41-5)26(20-23)40-4/h6-7,9,14,19-20,22,24,27-28H,2,8,10-13,15-18H2,1,3-5H3,(H2,33,36)(H,34,37)/b7-6-,14-9-/t24-,27-,28-/m0/s1. The summed E-state index contributed by atoms with van der Waals surface area (Å²) in [4.78, 5) is 42.1. The van der Waals surface area contributed by atoms with Crippen LogP contribution in [0.4, 0.5) is 0 Å². The molecule has 1 aliphatic carbocycles. The molecule has 1 aromatic carbocycles. The lowest BCUT2D eigenvalue weighted by atomic mass is 9.75. The molecule has 1 aliphatic heterocycles. The van der Waals surface area contributed by atoms with E-state index in [2.05, 4.69) is 11.9 Å². The van der Waals surface area contributed by atoms with E-state index >= 15 is 0 Å². The lowest BCUT2D eigenvalue weighted by Crippen LogP contribution is -2.57. The number of amides is 3. The van der Waals surface area contributed by atoms with Crippen LogP contribution >= 0.6 is 0 Å². The number of allylic oxidation sites excluding steroid dienone is 3. The number of benzene rings is 1. The highest BCUT2D eigenvalue weighted by Gasteiger charge is 2.41. The third kappa shape index (κ3) is 7.71. The Labute approximate surface area is 243 Å². The van der Waals surface area contributed by atoms with E-state index in [0.29, 0.717) is 35.8 Å². The van der Waals surface area contributed by atoms with Crippen LogP contribution in [0, 0.1) is 5.92 Å². The highest BCUT2D eigenvalue weighted by Crippen LogP contribution is 2.45. The maximum atomic E-state index is 14.5. The van der Waals surface area contributed by atoms with Crippen molar-refractivity contribution >= 4 is 17.7 Å². The molecule has 2 aliphatic rings. The van der Waals surface area contributed by atoms with Crippen LogP contribution in [0.3, 0.4) is 0 Å². The number of rotatable bonds is 12. The van der Waals surface area contributed by atoms with Gasteiger partial charge in [-0.25, -0.2) is 0 Å². The minimum Gasteiger partial charge on any atom is -0.493 e. The Kier molecular flexibility index (Phi) is 11.9. The molecular weight excluding hydrogens is 522 g/mol. The van der Waals surface area contributed by atoms with Crippen molar-refractivity contribution in [1.82, 2.24) is 10.2 Å². The number of ether oxygens (including phenoxy) is 3. The molecule has 1 saturated heterocycles. The molecule has 9 heteroatoms. The Morgan fingerprint density at radius 2 is 1.61 bits per heavy atom. The molecule has 41 heavy (non-hydrogen) atoms. The molecule has 0 bridgehead atoms. The van der Waals surface area contributed by atoms with Crippen LogP contribution in [-0.2, 0) is 14.4 Å². The van der Waals surface area contributed by atoms with E-state index < -0.39 is 29.8 Å². The fraction of sp³-hybridized carbons (Fsp3) is 0.531. The van der Waals surface area contributed by atoms with Crippen LogP contribution in [0.5, 0.6) is 17.2 Å². The van der Waals surface area contributed by atoms with E-state index in [-0.39, 0.29) is 11.8 Å². The molecule has 1 saturated carbocycles. The van der Waals surface area contributed by atoms with Gasteiger partial charge in [-0.15, -0.1) is 0 Å². The van der Waals surface area contributed by atoms with E-state index in [4.69, 9.17) is 19.9 Å². The molecule has 224 valence electrons. The third-order valence-electron chi connectivity index (χ3n) is 8.08. The van der Waals surface area contributed by atoms with Crippen molar-refractivity contribution in [1.29, 1.82) is 0 Å². The zero-order valence-corrected chi connectivity index (χ0v) is 24.8. The molecule has 2 fully saturated rings. The van der Waals surface area contributed by atoms with Crippen molar-refractivity contribution in [3.8, 4) is 17.2 Å². The number of primary amides is 1. The summed E-state index contributed by atoms with van der Waals surface area (Å²) in [7, 11) is 4.66. The van der Waals surface area contributed by atoms with Gasteiger partial charge < -0.3 is 30.2 Å². The van der Waals surface area contributed by atoms with Gasteiger partial charge in [-0.2, -0.15) is 0 Å². The largest absolute Gasteiger partial charge is 0.493 e. The second kappa shape index (κ2) is 15.3. The van der Waals surface area contributed by atoms with Crippen LogP contribution in [0.1, 0.15) is 69.8 Å². The highest BCUT2D eigenvalue weighted by atomic mass is 16.5. The van der Waals surface area contributed by atoms with Gasteiger partial charge in [0.05, 0.1) is 27.2 Å². The first-order valence-electron chi connectivity index (χ1n) is 14.5. The van der Waals surface area contributed by atoms with Crippen LogP contribution in [0.15, 0.2) is 48.6 Å². The molecule has 0 spiro atoms. The smallest absolute Gasteiger partial charge is 0.244 e. The Hall–Kier alpha value is -3.75. The molecule has 3 amide bonds. The minimum atomic E-state index is -1.08. The predicted molar refractivity (Wildman–Crippen MR) is 159 cm³/mol. The average Bonchev–Trinajstić information content (AvgIpc) is 2.99. The Balaban J connectivity index is 1.96. The number of piperidine rings is 1. The van der Waals surface area contributed by atoms with E-state index in [1.54, 1.807) is 44.5 Å². The first kappa shape index (κ1) is 31.8. The quantitative estimate of drug-likeness (QED) is 0.361. The van der Waals surface area contributed by atoms with Crippen LogP contribution < -0.4 is 25.3 Å². The van der Waals surface area contributed by atoms with E-state index in [0.717, 1.165) is 50.5 Å². The maximum absolute atomic E-state index is 14.5. The summed E-state index contributed by atoms with van der Waals surface area (Å²) >= 11 is 0. The van der Waals surface area contributed by atoms with Crippen molar-refractivity contribution < 1.29 is 28.6 Å². The molecular formula is C32H45N3O6. The van der Waals surface area contributed by atoms with Gasteiger partial charge in [-0.1, -0.05) is 50.1 Å². The fourth-order valence-electron chi connectivity index (χ4n) is 5.98. The summed E-state index contributed by atoms with van der Waals surface area (Å²) in [6.45, 7) is 6.25. The van der Waals surface area contributed by atoms with Gasteiger partial charge >= 0.3 is 0 Å². The average molecular weight is 568 g/mol. The number of nitrogens with one attached hydrogen (secondary N) is 1. The monoisotopic (exact) mass is 567 g/mol. The molecule has 0 aromatic heterocycles. The fourth-order valence-corrected chi connectivity index (χ4v) is 5.98. The Morgan fingerprint density at radius 1 is 0.976 bits per heavy atom. The predicted octanol–water partition coefficient (Wildman–Crippen LogP) is 4.42. The lowest BCUT2D eigenvalue weighted by Gasteiger charge is -2.40. The molecule has 3 rings (SSSR count). The number of carbonyl (C=O) groups is 3. The molecule has 3 atom stereocenters. The first-order valence-corrected chi connectivity index (χ1v) is 14.5. The lowest BCUT2D eigenvalue weighted by molar-refractivity contribution is -0.145. The van der Waals surface area contributed by atoms with Gasteiger partial charge in [0.25, 0.3) is 0 Å². The molecule has 1 aromatic rings. The second-order valence-electron chi connectivity index (χ2n) is 10.7. The Morgan fingerprint density at radius 3 is 2.17 bits per heavy atom. The number of hydrogen-bond acceptors (Lipinski definition) is 6. The van der Waals surface area contributed by atoms with Gasteiger partial charge in [0.2, 0.25) is 23.5 Å². The van der Waals surface area contributed by atoms with E-state index in [1.165, 1.54) is 0 Å². The van der Waals surface area contributed by atoms with Crippen molar-refractivity contribution in [3.63, 3.8) is 0 Å². The first-order chi connectivity index (χ1) is 19.8.